The largest absolute Gasteiger partial charge is 0.293 e. The van der Waals surface area contributed by atoms with Gasteiger partial charge in [0.25, 0.3) is 5.91 Å². The molecule has 3 rings (SSSR count). The van der Waals surface area contributed by atoms with Crippen LogP contribution >= 0.6 is 11.3 Å². The lowest BCUT2D eigenvalue weighted by Gasteiger charge is -2.15. The third-order valence-corrected chi connectivity index (χ3v) is 7.68. The highest BCUT2D eigenvalue weighted by Gasteiger charge is 2.27. The van der Waals surface area contributed by atoms with Crippen LogP contribution in [0.5, 0.6) is 0 Å². The number of carbonyl (C=O) groups is 3. The van der Waals surface area contributed by atoms with Crippen LogP contribution in [0.25, 0.3) is 0 Å². The Bertz CT molecular complexity index is 1040. The number of thiophene rings is 1. The van der Waals surface area contributed by atoms with E-state index < -0.39 is 21.8 Å². The highest BCUT2D eigenvalue weighted by molar-refractivity contribution is 7.89. The van der Waals surface area contributed by atoms with E-state index >= 15 is 0 Å². The molecule has 1 aromatic heterocycles. The molecule has 0 unspecified atom stereocenters. The van der Waals surface area contributed by atoms with Gasteiger partial charge in [-0.2, -0.15) is 4.31 Å². The summed E-state index contributed by atoms with van der Waals surface area (Å²) in [6.07, 6.45) is 1.68. The van der Waals surface area contributed by atoms with Crippen LogP contribution in [0, 0.1) is 6.92 Å². The van der Waals surface area contributed by atoms with E-state index in [-0.39, 0.29) is 29.1 Å². The fraction of sp³-hybridized carbons (Fsp3) is 0.350. The number of amides is 2. The normalized spacial score (nSPS) is 14.4. The third-order valence-electron chi connectivity index (χ3n) is 4.73. The van der Waals surface area contributed by atoms with E-state index in [1.165, 1.54) is 39.9 Å². The molecule has 1 aliphatic rings. The number of nitrogens with one attached hydrogen (secondary N) is 2. The maximum absolute atomic E-state index is 12.5. The quantitative estimate of drug-likeness (QED) is 0.497. The molecule has 10 heteroatoms. The average molecular weight is 450 g/mol. The van der Waals surface area contributed by atoms with Crippen LogP contribution in [0.4, 0.5) is 0 Å². The van der Waals surface area contributed by atoms with Crippen molar-refractivity contribution in [2.75, 3.05) is 13.1 Å². The molecule has 2 heterocycles. The van der Waals surface area contributed by atoms with E-state index in [0.29, 0.717) is 18.0 Å². The molecule has 0 spiro atoms. The predicted octanol–water partition coefficient (Wildman–Crippen LogP) is 2.27. The Morgan fingerprint density at radius 1 is 0.967 bits per heavy atom. The number of nitrogens with zero attached hydrogens (tertiary/aromatic N) is 1. The minimum Gasteiger partial charge on any atom is -0.293 e. The van der Waals surface area contributed by atoms with E-state index in [0.717, 1.165) is 17.7 Å². The van der Waals surface area contributed by atoms with Crippen molar-refractivity contribution in [1.82, 2.24) is 15.2 Å². The van der Waals surface area contributed by atoms with Gasteiger partial charge in [-0.1, -0.05) is 0 Å². The van der Waals surface area contributed by atoms with Gasteiger partial charge >= 0.3 is 0 Å². The minimum absolute atomic E-state index is 0.0463. The van der Waals surface area contributed by atoms with Gasteiger partial charge in [0, 0.05) is 36.4 Å². The molecule has 1 saturated heterocycles. The molecular formula is C20H23N3O5S2. The first-order valence-electron chi connectivity index (χ1n) is 9.56. The molecule has 8 nitrogen and oxygen atoms in total. The molecule has 1 fully saturated rings. The molecule has 0 radical (unpaired) electrons. The minimum atomic E-state index is -3.54. The number of aryl methyl sites for hydroxylation is 1. The van der Waals surface area contributed by atoms with Crippen LogP contribution in [0.15, 0.2) is 41.3 Å². The van der Waals surface area contributed by atoms with Crippen molar-refractivity contribution < 1.29 is 22.8 Å². The van der Waals surface area contributed by atoms with Gasteiger partial charge in [0.05, 0.1) is 9.77 Å². The van der Waals surface area contributed by atoms with Crippen LogP contribution in [0.2, 0.25) is 0 Å². The Kier molecular flexibility index (Phi) is 7.01. The summed E-state index contributed by atoms with van der Waals surface area (Å²) in [5.41, 5.74) is 4.75. The number of ketones is 1. The average Bonchev–Trinajstić information content (AvgIpc) is 3.42. The molecular weight excluding hydrogens is 426 g/mol. The summed E-state index contributed by atoms with van der Waals surface area (Å²) in [4.78, 5) is 37.9. The number of hydrogen-bond donors (Lipinski definition) is 2. The molecule has 1 aromatic carbocycles. The summed E-state index contributed by atoms with van der Waals surface area (Å²) in [5, 5.41) is 0. The number of benzene rings is 1. The van der Waals surface area contributed by atoms with Gasteiger partial charge in [-0.15, -0.1) is 11.3 Å². The number of carbonyl (C=O) groups excluding carboxylic acids is 3. The summed E-state index contributed by atoms with van der Waals surface area (Å²) in [6, 6.07) is 9.13. The predicted molar refractivity (Wildman–Crippen MR) is 113 cm³/mol. The lowest BCUT2D eigenvalue weighted by molar-refractivity contribution is -0.121. The van der Waals surface area contributed by atoms with Gasteiger partial charge in [-0.3, -0.25) is 25.2 Å². The number of hydrogen-bond acceptors (Lipinski definition) is 6. The Balaban J connectivity index is 1.48. The van der Waals surface area contributed by atoms with Gasteiger partial charge in [0.15, 0.2) is 5.78 Å². The SMILES string of the molecule is Cc1ccc(C(=O)CCC(=O)NNC(=O)c2ccc(S(=O)(=O)N3CCCC3)cc2)s1. The second-order valence-electron chi connectivity index (χ2n) is 6.97. The molecule has 0 aliphatic carbocycles. The van der Waals surface area contributed by atoms with Crippen LogP contribution in [0.1, 0.15) is 50.6 Å². The maximum Gasteiger partial charge on any atom is 0.269 e. The van der Waals surface area contributed by atoms with Gasteiger partial charge in [0.2, 0.25) is 15.9 Å². The standard InChI is InChI=1S/C20H23N3O5S2/c1-14-4-10-18(29-14)17(24)9-11-19(25)21-22-20(26)15-5-7-16(8-6-15)30(27,28)23-12-2-3-13-23/h4-8,10H,2-3,9,11-13H2,1H3,(H,21,25)(H,22,26). The summed E-state index contributed by atoms with van der Waals surface area (Å²) in [6.45, 7) is 2.91. The zero-order chi connectivity index (χ0) is 21.7. The summed E-state index contributed by atoms with van der Waals surface area (Å²) < 4.78 is 26.4. The number of sulfonamides is 1. The van der Waals surface area contributed by atoms with Crippen LogP contribution in [-0.4, -0.2) is 43.4 Å². The van der Waals surface area contributed by atoms with Crippen molar-refractivity contribution in [3.8, 4) is 0 Å². The summed E-state index contributed by atoms with van der Waals surface area (Å²) in [7, 11) is -3.54. The molecule has 30 heavy (non-hydrogen) atoms. The first-order chi connectivity index (χ1) is 14.3. The smallest absolute Gasteiger partial charge is 0.269 e. The Hall–Kier alpha value is -2.56. The molecule has 0 atom stereocenters. The molecule has 0 saturated carbocycles. The van der Waals surface area contributed by atoms with Crippen LogP contribution < -0.4 is 10.9 Å². The monoisotopic (exact) mass is 449 g/mol. The Morgan fingerprint density at radius 3 is 2.23 bits per heavy atom. The number of rotatable bonds is 7. The van der Waals surface area contributed by atoms with Gasteiger partial charge in [0.1, 0.15) is 0 Å². The lowest BCUT2D eigenvalue weighted by atomic mass is 10.2. The Morgan fingerprint density at radius 2 is 1.63 bits per heavy atom. The van der Waals surface area contributed by atoms with Crippen LogP contribution in [-0.2, 0) is 14.8 Å². The highest BCUT2D eigenvalue weighted by Crippen LogP contribution is 2.21. The molecule has 2 N–H and O–H groups in total. The first kappa shape index (κ1) is 22.1. The third kappa shape index (κ3) is 5.32. The van der Waals surface area contributed by atoms with Crippen molar-refractivity contribution in [3.05, 3.63) is 51.7 Å². The van der Waals surface area contributed by atoms with Crippen molar-refractivity contribution in [2.45, 2.75) is 37.5 Å². The van der Waals surface area contributed by atoms with E-state index in [9.17, 15) is 22.8 Å². The summed E-state index contributed by atoms with van der Waals surface area (Å²) in [5.74, 6) is -1.18. The molecule has 160 valence electrons. The summed E-state index contributed by atoms with van der Waals surface area (Å²) >= 11 is 1.38. The fourth-order valence-electron chi connectivity index (χ4n) is 3.05. The molecule has 2 aromatic rings. The van der Waals surface area contributed by atoms with Crippen molar-refractivity contribution in [2.24, 2.45) is 0 Å². The number of Topliss-reactive ketones (excluding diaryl/α,β-unsaturated/α-hetero) is 1. The topological polar surface area (TPSA) is 113 Å². The zero-order valence-electron chi connectivity index (χ0n) is 16.5. The van der Waals surface area contributed by atoms with Crippen molar-refractivity contribution >= 4 is 39.0 Å². The van der Waals surface area contributed by atoms with E-state index in [2.05, 4.69) is 10.9 Å². The fourth-order valence-corrected chi connectivity index (χ4v) is 5.40. The van der Waals surface area contributed by atoms with Crippen molar-refractivity contribution in [3.63, 3.8) is 0 Å². The molecule has 2 amide bonds. The van der Waals surface area contributed by atoms with E-state index in [4.69, 9.17) is 0 Å². The lowest BCUT2D eigenvalue weighted by Crippen LogP contribution is -2.41. The van der Waals surface area contributed by atoms with E-state index in [1.807, 2.05) is 13.0 Å². The molecule has 0 bridgehead atoms. The number of hydrazine groups is 1. The highest BCUT2D eigenvalue weighted by atomic mass is 32.2. The van der Waals surface area contributed by atoms with Gasteiger partial charge in [-0.05, 0) is 56.2 Å². The zero-order valence-corrected chi connectivity index (χ0v) is 18.1. The first-order valence-corrected chi connectivity index (χ1v) is 11.8. The van der Waals surface area contributed by atoms with Gasteiger partial charge in [-0.25, -0.2) is 8.42 Å². The van der Waals surface area contributed by atoms with E-state index in [1.54, 1.807) is 6.07 Å². The van der Waals surface area contributed by atoms with Crippen LogP contribution in [0.3, 0.4) is 0 Å². The van der Waals surface area contributed by atoms with Crippen molar-refractivity contribution in [1.29, 1.82) is 0 Å². The second-order valence-corrected chi connectivity index (χ2v) is 10.2. The van der Waals surface area contributed by atoms with Gasteiger partial charge < -0.3 is 0 Å². The maximum atomic E-state index is 12.5. The molecule has 1 aliphatic heterocycles. The second kappa shape index (κ2) is 9.50. The Labute approximate surface area is 179 Å².